The molecule has 0 radical (unpaired) electrons. The maximum absolute atomic E-state index is 11.4. The van der Waals surface area contributed by atoms with Gasteiger partial charge in [0.25, 0.3) is 0 Å². The first-order valence-corrected chi connectivity index (χ1v) is 13.1. The first kappa shape index (κ1) is 23.6. The van der Waals surface area contributed by atoms with Gasteiger partial charge in [0, 0.05) is 0 Å². The summed E-state index contributed by atoms with van der Waals surface area (Å²) >= 11 is 0. The van der Waals surface area contributed by atoms with Crippen molar-refractivity contribution < 1.29 is 19.7 Å². The molecule has 176 valence electrons. The van der Waals surface area contributed by atoms with Crippen molar-refractivity contribution in [1.82, 2.24) is 0 Å². The van der Waals surface area contributed by atoms with Gasteiger partial charge >= 0.3 is 201 Å². The van der Waals surface area contributed by atoms with E-state index >= 15 is 0 Å². The first-order chi connectivity index (χ1) is 16.5. The zero-order chi connectivity index (χ0) is 24.3. The van der Waals surface area contributed by atoms with Gasteiger partial charge in [-0.1, -0.05) is 0 Å². The molecule has 4 N–H and O–H groups in total. The van der Waals surface area contributed by atoms with Crippen LogP contribution in [0.15, 0.2) is 91.0 Å². The van der Waals surface area contributed by atoms with Crippen molar-refractivity contribution >= 4 is 23.2 Å². The molecule has 0 aromatic heterocycles. The van der Waals surface area contributed by atoms with Crippen LogP contribution in [0.3, 0.4) is 0 Å². The molecule has 0 heterocycles. The molecule has 0 amide bonds. The van der Waals surface area contributed by atoms with Crippen molar-refractivity contribution in [2.24, 2.45) is 5.73 Å². The number of hydrogen-bond acceptors (Lipinski definition) is 5. The van der Waals surface area contributed by atoms with E-state index in [0.717, 1.165) is 15.9 Å². The molecule has 0 spiro atoms. The number of phenols is 2. The van der Waals surface area contributed by atoms with E-state index < -0.39 is 13.0 Å². The summed E-state index contributed by atoms with van der Waals surface area (Å²) in [5, 5.41) is 25.7. The molecule has 0 aliphatic rings. The number of hydrogen-bond donors (Lipinski definition) is 3. The Balaban J connectivity index is 2.14. The summed E-state index contributed by atoms with van der Waals surface area (Å²) in [4.78, 5) is 0. The number of methoxy groups -OCH3 is 2. The van der Waals surface area contributed by atoms with Crippen molar-refractivity contribution in [3.05, 3.63) is 102 Å². The van der Waals surface area contributed by atoms with Gasteiger partial charge in [0.05, 0.1) is 0 Å². The van der Waals surface area contributed by atoms with Crippen LogP contribution in [0.4, 0.5) is 0 Å². The van der Waals surface area contributed by atoms with E-state index in [1.165, 1.54) is 14.2 Å². The van der Waals surface area contributed by atoms with Gasteiger partial charge in [0.15, 0.2) is 0 Å². The second kappa shape index (κ2) is 9.76. The van der Waals surface area contributed by atoms with Gasteiger partial charge < -0.3 is 0 Å². The predicted octanol–water partition coefficient (Wildman–Crippen LogP) is 4.11. The normalized spacial score (nSPS) is 12.7. The number of phenolic OH excluding ortho intramolecular Hbond substituents is 2. The Kier molecular flexibility index (Phi) is 6.78. The van der Waals surface area contributed by atoms with Crippen molar-refractivity contribution in [1.29, 1.82) is 0 Å². The van der Waals surface area contributed by atoms with Gasteiger partial charge in [0.1, 0.15) is 0 Å². The van der Waals surface area contributed by atoms with E-state index in [1.807, 2.05) is 54.6 Å². The molecule has 0 aliphatic heterocycles. The molecular weight excluding hydrogens is 445 g/mol. The number of nitrogens with two attached hydrogens (primary N) is 1. The average molecular weight is 476 g/mol. The van der Waals surface area contributed by atoms with Crippen LogP contribution >= 0.6 is 7.26 Å². The third-order valence-corrected chi connectivity index (χ3v) is 11.5. The van der Waals surface area contributed by atoms with E-state index in [2.05, 4.69) is 36.4 Å². The molecule has 34 heavy (non-hydrogen) atoms. The van der Waals surface area contributed by atoms with Crippen LogP contribution in [0.5, 0.6) is 23.0 Å². The third-order valence-electron chi connectivity index (χ3n) is 6.52. The van der Waals surface area contributed by atoms with Crippen LogP contribution in [-0.2, 0) is 0 Å². The van der Waals surface area contributed by atoms with Crippen LogP contribution in [0.25, 0.3) is 0 Å². The zero-order valence-electron chi connectivity index (χ0n) is 19.5. The number of benzene rings is 4. The maximum atomic E-state index is 11.4. The van der Waals surface area contributed by atoms with E-state index in [-0.39, 0.29) is 23.0 Å². The number of aromatic hydroxyl groups is 2. The van der Waals surface area contributed by atoms with Gasteiger partial charge in [-0.25, -0.2) is 0 Å². The Labute approximate surface area is 200 Å². The van der Waals surface area contributed by atoms with Crippen LogP contribution in [-0.4, -0.2) is 24.4 Å². The van der Waals surface area contributed by atoms with Gasteiger partial charge in [0.2, 0.25) is 0 Å². The molecule has 4 aromatic rings. The Morgan fingerprint density at radius 1 is 0.647 bits per heavy atom. The molecule has 0 saturated heterocycles. The second-order valence-electron chi connectivity index (χ2n) is 8.19. The molecule has 6 heteroatoms. The van der Waals surface area contributed by atoms with E-state index in [9.17, 15) is 10.2 Å². The zero-order valence-corrected chi connectivity index (χ0v) is 20.5. The van der Waals surface area contributed by atoms with Crippen molar-refractivity contribution in [3.8, 4) is 23.0 Å². The molecule has 0 bridgehead atoms. The topological polar surface area (TPSA) is 84.9 Å². The quantitative estimate of drug-likeness (QED) is 0.277. The van der Waals surface area contributed by atoms with Gasteiger partial charge in [-0.3, -0.25) is 0 Å². The fourth-order valence-corrected chi connectivity index (χ4v) is 9.95. The Morgan fingerprint density at radius 3 is 1.35 bits per heavy atom. The van der Waals surface area contributed by atoms with Crippen LogP contribution < -0.4 is 31.1 Å². The number of ether oxygens (including phenoxy) is 2. The van der Waals surface area contributed by atoms with Crippen LogP contribution in [0.2, 0.25) is 0 Å². The monoisotopic (exact) mass is 475 g/mol. The third kappa shape index (κ3) is 3.67. The van der Waals surface area contributed by atoms with Gasteiger partial charge in [-0.15, -0.1) is 0 Å². The Hall–Kier alpha value is -3.53. The van der Waals surface area contributed by atoms with Crippen molar-refractivity contribution in [3.63, 3.8) is 0 Å². The molecule has 0 fully saturated rings. The fourth-order valence-electron chi connectivity index (χ4n) is 4.93. The molecule has 4 rings (SSSR count). The minimum atomic E-state index is -3.01. The second-order valence-corrected chi connectivity index (χ2v) is 12.2. The summed E-state index contributed by atoms with van der Waals surface area (Å²) in [6.45, 7) is 1.74. The Bertz CT molecular complexity index is 1170. The van der Waals surface area contributed by atoms with Gasteiger partial charge in [-0.2, -0.15) is 0 Å². The van der Waals surface area contributed by atoms with E-state index in [0.29, 0.717) is 11.1 Å². The summed E-state index contributed by atoms with van der Waals surface area (Å²) in [7, 11) is -0.155. The molecule has 0 saturated carbocycles. The predicted molar refractivity (Wildman–Crippen MR) is 141 cm³/mol. The first-order valence-electron chi connectivity index (χ1n) is 11.1. The van der Waals surface area contributed by atoms with E-state index in [1.54, 1.807) is 6.92 Å². The SMILES string of the molecule is COc1c(O)c(C)c(C(N)[PH](c2ccccc2)(c2ccccc2)c2ccccc2)c(O)c1OC. The Morgan fingerprint density at radius 2 is 1.00 bits per heavy atom. The van der Waals surface area contributed by atoms with Crippen molar-refractivity contribution in [2.75, 3.05) is 14.2 Å². The molecule has 1 unspecified atom stereocenters. The average Bonchev–Trinajstić information content (AvgIpc) is 2.88. The summed E-state index contributed by atoms with van der Waals surface area (Å²) in [6.07, 6.45) is 0. The van der Waals surface area contributed by atoms with Gasteiger partial charge in [-0.05, 0) is 0 Å². The van der Waals surface area contributed by atoms with Crippen LogP contribution in [0.1, 0.15) is 16.9 Å². The van der Waals surface area contributed by atoms with E-state index in [4.69, 9.17) is 15.2 Å². The summed E-state index contributed by atoms with van der Waals surface area (Å²) in [5.41, 5.74) is 8.15. The number of rotatable bonds is 7. The summed E-state index contributed by atoms with van der Waals surface area (Å²) < 4.78 is 10.8. The minimum absolute atomic E-state index is 0.0631. The molecular formula is C28H30NO4P. The summed E-state index contributed by atoms with van der Waals surface area (Å²) in [5.74, 6) is -0.736. The molecule has 5 nitrogen and oxygen atoms in total. The molecule has 0 aliphatic carbocycles. The standard InChI is InChI=1S/C28H30NO4P/c1-19-23(25(31)27(33-3)26(32-2)24(19)30)28(29)34(20-13-7-4-8-14-20,21-15-9-5-10-16-21)22-17-11-6-12-18-22/h4-18,28,30-31,34H,29H2,1-3H3. The van der Waals surface area contributed by atoms with Crippen LogP contribution in [0, 0.1) is 6.92 Å². The molecule has 4 aromatic carbocycles. The fraction of sp³-hybridized carbons (Fsp3) is 0.143. The van der Waals surface area contributed by atoms with Crippen molar-refractivity contribution in [2.45, 2.75) is 12.7 Å². The molecule has 1 atom stereocenters. The summed E-state index contributed by atoms with van der Waals surface area (Å²) in [6, 6.07) is 30.6.